The van der Waals surface area contributed by atoms with Gasteiger partial charge in [0.05, 0.1) is 18.2 Å². The number of fused-ring (bicyclic) bond motifs is 1. The number of nitrogens with two attached hydrogens (primary N) is 1. The van der Waals surface area contributed by atoms with E-state index >= 15 is 0 Å². The molecular weight excluding hydrogens is 554 g/mol. The Kier molecular flexibility index (Phi) is 7.01. The van der Waals surface area contributed by atoms with Crippen LogP contribution < -0.4 is 15.2 Å². The lowest BCUT2D eigenvalue weighted by molar-refractivity contribution is 0.0696. The summed E-state index contributed by atoms with van der Waals surface area (Å²) in [6, 6.07) is 15.5. The zero-order valence-electron chi connectivity index (χ0n) is 21.6. The molecule has 0 radical (unpaired) electrons. The average Bonchev–Trinajstić information content (AvgIpc) is 2.92. The summed E-state index contributed by atoms with van der Waals surface area (Å²) < 4.78 is 60.8. The van der Waals surface area contributed by atoms with Gasteiger partial charge in [-0.05, 0) is 72.1 Å². The van der Waals surface area contributed by atoms with Gasteiger partial charge in [0.2, 0.25) is 5.88 Å². The van der Waals surface area contributed by atoms with Crippen LogP contribution in [0.15, 0.2) is 77.8 Å². The summed E-state index contributed by atoms with van der Waals surface area (Å²) >= 11 is 0. The van der Waals surface area contributed by atoms with Crippen molar-refractivity contribution in [3.63, 3.8) is 0 Å². The maximum atomic E-state index is 14.2. The molecule has 0 amide bonds. The average molecular weight is 577 g/mol. The molecule has 208 valence electrons. The third kappa shape index (κ3) is 5.37. The molecule has 5 aromatic rings. The number of rotatable bonds is 7. The molecular formula is C29H22F2N4O5S. The second-order valence-corrected chi connectivity index (χ2v) is 10.8. The summed E-state index contributed by atoms with van der Waals surface area (Å²) in [5.74, 6) is -2.98. The Morgan fingerprint density at radius 2 is 1.76 bits per heavy atom. The number of nitrogens with one attached hydrogen (secondary N) is 1. The first-order valence-electron chi connectivity index (χ1n) is 12.0. The number of hydrogen-bond acceptors (Lipinski definition) is 7. The minimum Gasteiger partial charge on any atom is -0.480 e. The Bertz CT molecular complexity index is 1970. The Morgan fingerprint density at radius 1 is 0.976 bits per heavy atom. The Balaban J connectivity index is 1.55. The van der Waals surface area contributed by atoms with E-state index in [0.29, 0.717) is 39.2 Å². The zero-order chi connectivity index (χ0) is 29.5. The van der Waals surface area contributed by atoms with Gasteiger partial charge in [-0.15, -0.1) is 0 Å². The number of aryl methyl sites for hydroxylation is 1. The highest BCUT2D eigenvalue weighted by atomic mass is 32.2. The van der Waals surface area contributed by atoms with Crippen molar-refractivity contribution < 1.29 is 31.8 Å². The molecule has 0 unspecified atom stereocenters. The van der Waals surface area contributed by atoms with Gasteiger partial charge < -0.3 is 15.6 Å². The molecule has 0 bridgehead atoms. The van der Waals surface area contributed by atoms with Gasteiger partial charge in [0.25, 0.3) is 10.0 Å². The predicted molar refractivity (Wildman–Crippen MR) is 150 cm³/mol. The molecule has 2 aromatic heterocycles. The molecule has 0 aliphatic rings. The number of nitrogen functional groups attached to an aromatic ring is 1. The van der Waals surface area contributed by atoms with Crippen LogP contribution in [0.2, 0.25) is 0 Å². The highest BCUT2D eigenvalue weighted by Gasteiger charge is 2.22. The standard InChI is InChI=1S/C29H22F2N4O5S/c1-15-9-17(29(36)37)3-6-21(15)22-11-18-10-16(4-7-24(18)34-27(22)32)19-12-25(28(40-2)33-14-19)35-41(38,39)26-8-5-20(30)13-23(26)31/h3-14,35H,1-2H3,(H2,32,34)(H,36,37). The van der Waals surface area contributed by atoms with E-state index in [9.17, 15) is 27.1 Å². The van der Waals surface area contributed by atoms with Gasteiger partial charge in [-0.3, -0.25) is 4.72 Å². The monoisotopic (exact) mass is 576 g/mol. The van der Waals surface area contributed by atoms with Gasteiger partial charge >= 0.3 is 5.97 Å². The first kappa shape index (κ1) is 27.5. The molecule has 5 rings (SSSR count). The van der Waals surface area contributed by atoms with Crippen molar-refractivity contribution in [2.45, 2.75) is 11.8 Å². The number of nitrogens with zero attached hydrogens (tertiary/aromatic N) is 2. The minimum atomic E-state index is -4.45. The van der Waals surface area contributed by atoms with Crippen molar-refractivity contribution in [1.29, 1.82) is 0 Å². The Morgan fingerprint density at radius 3 is 2.44 bits per heavy atom. The number of benzene rings is 3. The van der Waals surface area contributed by atoms with E-state index < -0.39 is 32.5 Å². The lowest BCUT2D eigenvalue weighted by Crippen LogP contribution is -2.15. The smallest absolute Gasteiger partial charge is 0.335 e. The highest BCUT2D eigenvalue weighted by Crippen LogP contribution is 2.35. The van der Waals surface area contributed by atoms with E-state index in [1.165, 1.54) is 25.4 Å². The summed E-state index contributed by atoms with van der Waals surface area (Å²) in [6.45, 7) is 1.78. The molecule has 0 aliphatic carbocycles. The van der Waals surface area contributed by atoms with Crippen molar-refractivity contribution in [3.8, 4) is 28.1 Å². The number of aromatic nitrogens is 2. The number of hydrogen-bond donors (Lipinski definition) is 3. The molecule has 3 aromatic carbocycles. The second-order valence-electron chi connectivity index (χ2n) is 9.12. The topological polar surface area (TPSA) is 144 Å². The maximum absolute atomic E-state index is 14.2. The van der Waals surface area contributed by atoms with Gasteiger partial charge in [-0.2, -0.15) is 0 Å². The van der Waals surface area contributed by atoms with Gasteiger partial charge in [-0.1, -0.05) is 12.1 Å². The normalized spacial score (nSPS) is 11.4. The van der Waals surface area contributed by atoms with E-state index in [1.807, 2.05) is 12.1 Å². The van der Waals surface area contributed by atoms with Gasteiger partial charge in [0.1, 0.15) is 28.0 Å². The number of ether oxygens (including phenoxy) is 1. The van der Waals surface area contributed by atoms with Crippen LogP contribution in [0.4, 0.5) is 20.3 Å². The van der Waals surface area contributed by atoms with Crippen molar-refractivity contribution in [2.24, 2.45) is 0 Å². The molecule has 0 saturated heterocycles. The number of pyridine rings is 2. The van der Waals surface area contributed by atoms with Crippen LogP contribution in [-0.4, -0.2) is 36.6 Å². The van der Waals surface area contributed by atoms with Crippen molar-refractivity contribution >= 4 is 38.4 Å². The zero-order valence-corrected chi connectivity index (χ0v) is 22.5. The lowest BCUT2D eigenvalue weighted by atomic mass is 9.96. The van der Waals surface area contributed by atoms with Gasteiger partial charge in [-0.25, -0.2) is 32.0 Å². The van der Waals surface area contributed by atoms with Crippen LogP contribution in [0, 0.1) is 18.6 Å². The fourth-order valence-corrected chi connectivity index (χ4v) is 5.53. The van der Waals surface area contributed by atoms with E-state index in [2.05, 4.69) is 14.7 Å². The third-order valence-corrected chi connectivity index (χ3v) is 7.81. The number of carboxylic acids is 1. The van der Waals surface area contributed by atoms with Crippen LogP contribution >= 0.6 is 0 Å². The SMILES string of the molecule is COc1ncc(-c2ccc3nc(N)c(-c4ccc(C(=O)O)cc4C)cc3c2)cc1NS(=O)(=O)c1ccc(F)cc1F. The quantitative estimate of drug-likeness (QED) is 0.226. The summed E-state index contributed by atoms with van der Waals surface area (Å²) in [7, 11) is -3.15. The van der Waals surface area contributed by atoms with Crippen LogP contribution in [0.5, 0.6) is 5.88 Å². The van der Waals surface area contributed by atoms with E-state index in [0.717, 1.165) is 17.7 Å². The molecule has 9 nitrogen and oxygen atoms in total. The van der Waals surface area contributed by atoms with Crippen LogP contribution in [0.25, 0.3) is 33.2 Å². The molecule has 4 N–H and O–H groups in total. The number of aromatic carboxylic acids is 1. The van der Waals surface area contributed by atoms with Crippen LogP contribution in [-0.2, 0) is 10.0 Å². The first-order valence-corrected chi connectivity index (χ1v) is 13.5. The Labute approximate surface area is 233 Å². The third-order valence-electron chi connectivity index (χ3n) is 6.41. The Hall–Kier alpha value is -5.10. The van der Waals surface area contributed by atoms with Crippen molar-refractivity contribution in [1.82, 2.24) is 9.97 Å². The summed E-state index contributed by atoms with van der Waals surface area (Å²) in [5, 5.41) is 9.99. The summed E-state index contributed by atoms with van der Waals surface area (Å²) in [5.41, 5.74) is 10.2. The van der Waals surface area contributed by atoms with E-state index in [-0.39, 0.29) is 22.9 Å². The molecule has 0 fully saturated rings. The second kappa shape index (κ2) is 10.5. The molecule has 0 saturated carbocycles. The van der Waals surface area contributed by atoms with Crippen LogP contribution in [0.1, 0.15) is 15.9 Å². The highest BCUT2D eigenvalue weighted by molar-refractivity contribution is 7.92. The fraction of sp³-hybridized carbons (Fsp3) is 0.0690. The summed E-state index contributed by atoms with van der Waals surface area (Å²) in [6.07, 6.45) is 1.48. The van der Waals surface area contributed by atoms with Crippen LogP contribution in [0.3, 0.4) is 0 Å². The minimum absolute atomic E-state index is 0.0564. The number of carboxylic acid groups (broad SMARTS) is 1. The van der Waals surface area contributed by atoms with E-state index in [4.69, 9.17) is 10.5 Å². The number of methoxy groups -OCH3 is 1. The molecule has 0 atom stereocenters. The van der Waals surface area contributed by atoms with Gasteiger partial charge in [0, 0.05) is 28.8 Å². The lowest BCUT2D eigenvalue weighted by Gasteiger charge is -2.14. The maximum Gasteiger partial charge on any atom is 0.335 e. The fourth-order valence-electron chi connectivity index (χ4n) is 4.42. The molecule has 2 heterocycles. The largest absolute Gasteiger partial charge is 0.480 e. The first-order chi connectivity index (χ1) is 19.5. The van der Waals surface area contributed by atoms with E-state index in [1.54, 1.807) is 31.2 Å². The number of halogens is 2. The predicted octanol–water partition coefficient (Wildman–Crippen LogP) is 5.64. The number of carbonyl (C=O) groups is 1. The molecule has 12 heteroatoms. The molecule has 0 spiro atoms. The van der Waals surface area contributed by atoms with Gasteiger partial charge in [0.15, 0.2) is 0 Å². The molecule has 41 heavy (non-hydrogen) atoms. The number of anilines is 2. The molecule has 0 aliphatic heterocycles. The number of sulfonamides is 1. The summed E-state index contributed by atoms with van der Waals surface area (Å²) in [4.78, 5) is 19.3. The van der Waals surface area contributed by atoms with Crippen molar-refractivity contribution in [3.05, 3.63) is 95.7 Å². The van der Waals surface area contributed by atoms with Crippen molar-refractivity contribution in [2.75, 3.05) is 17.6 Å².